The summed E-state index contributed by atoms with van der Waals surface area (Å²) in [5.41, 5.74) is 1.04. The minimum absolute atomic E-state index is 0.0279. The molecule has 0 aromatic heterocycles. The molecule has 45 heavy (non-hydrogen) atoms. The molecule has 0 amide bonds. The van der Waals surface area contributed by atoms with Crippen molar-refractivity contribution >= 4 is 0 Å². The quantitative estimate of drug-likeness (QED) is 0.299. The average Bonchev–Trinajstić information content (AvgIpc) is 3.10. The number of benzene rings is 3. The molecule has 0 unspecified atom stereocenters. The van der Waals surface area contributed by atoms with Crippen LogP contribution in [0, 0.1) is 0 Å². The van der Waals surface area contributed by atoms with Gasteiger partial charge in [-0.05, 0) is 48.9 Å². The monoisotopic (exact) mass is 622 g/mol. The Morgan fingerprint density at radius 3 is 1.64 bits per heavy atom. The lowest BCUT2D eigenvalue weighted by atomic mass is 9.77. The number of hydrogen-bond acceptors (Lipinski definition) is 7. The van der Waals surface area contributed by atoms with Crippen molar-refractivity contribution in [1.29, 1.82) is 0 Å². The van der Waals surface area contributed by atoms with E-state index < -0.39 is 37.5 Å². The third-order valence-corrected chi connectivity index (χ3v) is 9.58. The maximum absolute atomic E-state index is 8.06. The zero-order chi connectivity index (χ0) is 36.0. The Labute approximate surface area is 276 Å². The number of rotatable bonds is 4. The summed E-state index contributed by atoms with van der Waals surface area (Å²) in [5.74, 6) is 0.0755. The standard InChI is InChI=1S/C38H48O7/c1-39-33-25-29-27-42-34-17-9-11-19-37(34,31-13-5-3-6-14-31)44-23-21-41-22-24-45-38(32-15-7-4-8-16-32)20-12-10-18-35(38)43-28-30(26-33)36(29)40-2/h3-8,13-16,25-26,34-35H,9-12,17-24,27-28H2,1-2H3/t34-,35-,37-,38-/m0/s1/i1D3,2D3. The first-order valence-corrected chi connectivity index (χ1v) is 16.2. The van der Waals surface area contributed by atoms with E-state index in [0.29, 0.717) is 63.2 Å². The summed E-state index contributed by atoms with van der Waals surface area (Å²) in [4.78, 5) is 0. The molecule has 4 atom stereocenters. The lowest BCUT2D eigenvalue weighted by Crippen LogP contribution is -2.47. The maximum atomic E-state index is 8.06. The highest BCUT2D eigenvalue weighted by Gasteiger charge is 2.46. The molecule has 6 rings (SSSR count). The third kappa shape index (κ3) is 6.93. The predicted octanol–water partition coefficient (Wildman–Crippen LogP) is 7.48. The fraction of sp³-hybridized carbons (Fsp3) is 0.526. The Morgan fingerprint density at radius 1 is 0.644 bits per heavy atom. The minimum atomic E-state index is -2.81. The van der Waals surface area contributed by atoms with Gasteiger partial charge in [0.25, 0.3) is 0 Å². The van der Waals surface area contributed by atoms with Crippen molar-refractivity contribution in [3.8, 4) is 11.5 Å². The fourth-order valence-electron chi connectivity index (χ4n) is 7.43. The lowest BCUT2D eigenvalue weighted by Gasteiger charge is -2.44. The topological polar surface area (TPSA) is 64.6 Å². The molecule has 1 aliphatic heterocycles. The molecule has 3 aromatic rings. The molecule has 0 saturated heterocycles. The van der Waals surface area contributed by atoms with Gasteiger partial charge in [-0.25, -0.2) is 0 Å². The van der Waals surface area contributed by atoms with Crippen LogP contribution in [0.4, 0.5) is 0 Å². The van der Waals surface area contributed by atoms with E-state index >= 15 is 0 Å². The Morgan fingerprint density at radius 2 is 1.16 bits per heavy atom. The molecule has 2 fully saturated rings. The van der Waals surface area contributed by atoms with Crippen molar-refractivity contribution in [3.05, 3.63) is 95.1 Å². The molecule has 2 bridgehead atoms. The smallest absolute Gasteiger partial charge is 0.130 e. The van der Waals surface area contributed by atoms with Crippen molar-refractivity contribution in [2.75, 3.05) is 40.5 Å². The molecule has 0 spiro atoms. The summed E-state index contributed by atoms with van der Waals surface area (Å²) in [5, 5.41) is 0. The number of hydrogen-bond donors (Lipinski definition) is 0. The second-order valence-electron chi connectivity index (χ2n) is 12.2. The van der Waals surface area contributed by atoms with Crippen LogP contribution >= 0.6 is 0 Å². The van der Waals surface area contributed by atoms with Gasteiger partial charge in [-0.3, -0.25) is 0 Å². The SMILES string of the molecule is [2H]C([2H])([2H])Oc1cc2c(OC([2H])([2H])[2H])c(c1)CO[C@H]1CCCC[C@@]1(c1ccccc1)OCCOCCO[C@]1(c3ccccc3)CCCC[C@@H]1OC2. The Hall–Kier alpha value is -2.94. The first-order chi connectivity index (χ1) is 24.5. The van der Waals surface area contributed by atoms with Crippen LogP contribution in [-0.4, -0.2) is 52.7 Å². The zero-order valence-corrected chi connectivity index (χ0v) is 25.8. The molecular formula is C38H48O7. The van der Waals surface area contributed by atoms with E-state index in [0.717, 1.165) is 36.8 Å². The first-order valence-electron chi connectivity index (χ1n) is 19.2. The van der Waals surface area contributed by atoms with Crippen LogP contribution in [0.2, 0.25) is 0 Å². The molecular weight excluding hydrogens is 568 g/mol. The highest BCUT2D eigenvalue weighted by molar-refractivity contribution is 5.47. The minimum Gasteiger partial charge on any atom is -0.497 e. The Kier molecular flexibility index (Phi) is 8.45. The molecule has 2 saturated carbocycles. The van der Waals surface area contributed by atoms with Crippen molar-refractivity contribution in [2.24, 2.45) is 0 Å². The summed E-state index contributed by atoms with van der Waals surface area (Å²) >= 11 is 0. The summed E-state index contributed by atoms with van der Waals surface area (Å²) in [6.07, 6.45) is 5.72. The van der Waals surface area contributed by atoms with E-state index in [-0.39, 0.29) is 24.7 Å². The van der Waals surface area contributed by atoms with Crippen LogP contribution in [-0.2, 0) is 48.1 Å². The van der Waals surface area contributed by atoms with E-state index in [4.69, 9.17) is 41.4 Å². The van der Waals surface area contributed by atoms with Gasteiger partial charge in [0.15, 0.2) is 0 Å². The fourth-order valence-corrected chi connectivity index (χ4v) is 7.43. The highest BCUT2D eigenvalue weighted by atomic mass is 16.6. The van der Waals surface area contributed by atoms with Gasteiger partial charge in [0, 0.05) is 11.1 Å². The van der Waals surface area contributed by atoms with Crippen molar-refractivity contribution in [3.63, 3.8) is 0 Å². The number of methoxy groups -OCH3 is 2. The largest absolute Gasteiger partial charge is 0.497 e. The van der Waals surface area contributed by atoms with E-state index in [1.807, 2.05) is 60.7 Å². The molecule has 7 heteroatoms. The van der Waals surface area contributed by atoms with Crippen LogP contribution < -0.4 is 9.47 Å². The lowest BCUT2D eigenvalue weighted by molar-refractivity contribution is -0.192. The van der Waals surface area contributed by atoms with Gasteiger partial charge in [0.1, 0.15) is 22.7 Å². The van der Waals surface area contributed by atoms with Gasteiger partial charge in [-0.1, -0.05) is 86.3 Å². The highest BCUT2D eigenvalue weighted by Crippen LogP contribution is 2.45. The second-order valence-corrected chi connectivity index (χ2v) is 12.2. The average molecular weight is 623 g/mol. The van der Waals surface area contributed by atoms with E-state index in [1.165, 1.54) is 12.1 Å². The normalized spacial score (nSPS) is 31.0. The molecule has 2 aliphatic carbocycles. The van der Waals surface area contributed by atoms with Gasteiger partial charge in [-0.2, -0.15) is 0 Å². The number of fused-ring (bicyclic) bond motifs is 4. The first kappa shape index (κ1) is 25.2. The van der Waals surface area contributed by atoms with Crippen LogP contribution in [0.3, 0.4) is 0 Å². The van der Waals surface area contributed by atoms with Crippen LogP contribution in [0.15, 0.2) is 72.8 Å². The Bertz CT molecular complexity index is 1460. The molecule has 0 radical (unpaired) electrons. The summed E-state index contributed by atoms with van der Waals surface area (Å²) < 4.78 is 91.8. The van der Waals surface area contributed by atoms with Crippen molar-refractivity contribution in [1.82, 2.24) is 0 Å². The van der Waals surface area contributed by atoms with Crippen molar-refractivity contribution < 1.29 is 41.4 Å². The van der Waals surface area contributed by atoms with E-state index in [1.54, 1.807) is 0 Å². The van der Waals surface area contributed by atoms with Gasteiger partial charge in [0.05, 0.1) is 74.1 Å². The molecule has 1 heterocycles. The predicted molar refractivity (Wildman–Crippen MR) is 173 cm³/mol. The van der Waals surface area contributed by atoms with Gasteiger partial charge < -0.3 is 33.2 Å². The van der Waals surface area contributed by atoms with E-state index in [2.05, 4.69) is 0 Å². The van der Waals surface area contributed by atoms with Crippen LogP contribution in [0.1, 0.15) is 81.8 Å². The van der Waals surface area contributed by atoms with Gasteiger partial charge in [-0.15, -0.1) is 0 Å². The van der Waals surface area contributed by atoms with Crippen LogP contribution in [0.5, 0.6) is 11.5 Å². The van der Waals surface area contributed by atoms with Gasteiger partial charge >= 0.3 is 0 Å². The summed E-state index contributed by atoms with van der Waals surface area (Å²) in [6, 6.07) is 22.9. The summed E-state index contributed by atoms with van der Waals surface area (Å²) in [7, 11) is -5.56. The second kappa shape index (κ2) is 15.1. The summed E-state index contributed by atoms with van der Waals surface area (Å²) in [6.45, 7) is 1.19. The molecule has 3 aliphatic rings. The number of ether oxygens (including phenoxy) is 7. The Balaban J connectivity index is 1.43. The van der Waals surface area contributed by atoms with Crippen LogP contribution in [0.25, 0.3) is 0 Å². The molecule has 0 N–H and O–H groups in total. The maximum Gasteiger partial charge on any atom is 0.130 e. The molecule has 3 aromatic carbocycles. The van der Waals surface area contributed by atoms with Crippen molar-refractivity contribution in [2.45, 2.75) is 88.0 Å². The third-order valence-electron chi connectivity index (χ3n) is 9.58. The van der Waals surface area contributed by atoms with Gasteiger partial charge in [0.2, 0.25) is 0 Å². The zero-order valence-electron chi connectivity index (χ0n) is 31.8. The van der Waals surface area contributed by atoms with E-state index in [9.17, 15) is 0 Å². The molecule has 7 nitrogen and oxygen atoms in total. The molecule has 242 valence electrons.